The molecule has 410 valence electrons. The van der Waals surface area contributed by atoms with Crippen molar-refractivity contribution in [2.75, 3.05) is 117 Å². The van der Waals surface area contributed by atoms with E-state index in [2.05, 4.69) is 40.5 Å². The number of nitrogens with zero attached hydrogens (tertiary/aromatic N) is 2. The van der Waals surface area contributed by atoms with E-state index in [1.165, 1.54) is 0 Å². The van der Waals surface area contributed by atoms with E-state index < -0.39 is 32.1 Å². The summed E-state index contributed by atoms with van der Waals surface area (Å²) in [5, 5.41) is 13.2. The van der Waals surface area contributed by atoms with Gasteiger partial charge in [0.25, 0.3) is 0 Å². The van der Waals surface area contributed by atoms with Crippen LogP contribution in [-0.4, -0.2) is 145 Å². The van der Waals surface area contributed by atoms with Gasteiger partial charge in [0.05, 0.1) is 62.6 Å². The molecule has 0 aromatic heterocycles. The SMILES string of the molecule is CN1Cc2c(Cl)cc(Cl)cc2C(c2ccc(S(=O)(=O)NCCOCCOCCNC(=O)Nc3ccc(NC(=O)NCCOCCOCCNS(=O)(=O)c4ccc(C5CN(C)Cc6c(Cl)cc(Cl)cc65)cc4)cc3)cc2)C1. The van der Waals surface area contributed by atoms with Gasteiger partial charge in [-0.25, -0.2) is 35.9 Å². The number of carbonyl (C=O) groups excluding carboxylic acids is 2. The molecule has 6 N–H and O–H groups in total. The third kappa shape index (κ3) is 17.2. The zero-order valence-corrected chi connectivity index (χ0v) is 46.7. The lowest BCUT2D eigenvalue weighted by Gasteiger charge is -2.33. The highest BCUT2D eigenvalue weighted by atomic mass is 35.5. The van der Waals surface area contributed by atoms with Crippen LogP contribution in [-0.2, 0) is 52.1 Å². The molecule has 7 rings (SSSR count). The van der Waals surface area contributed by atoms with Crippen LogP contribution in [0.5, 0.6) is 0 Å². The van der Waals surface area contributed by atoms with Crippen molar-refractivity contribution in [3.8, 4) is 0 Å². The van der Waals surface area contributed by atoms with Crippen molar-refractivity contribution in [2.24, 2.45) is 0 Å². The van der Waals surface area contributed by atoms with E-state index in [4.69, 9.17) is 65.4 Å². The minimum Gasteiger partial charge on any atom is -0.378 e. The van der Waals surface area contributed by atoms with Gasteiger partial charge < -0.3 is 50.0 Å². The Labute approximate surface area is 464 Å². The fraction of sp³-hybridized carbons (Fsp3) is 0.385. The van der Waals surface area contributed by atoms with Crippen LogP contribution >= 0.6 is 46.4 Å². The smallest absolute Gasteiger partial charge is 0.319 e. The molecule has 2 heterocycles. The van der Waals surface area contributed by atoms with Crippen molar-refractivity contribution in [3.63, 3.8) is 0 Å². The highest BCUT2D eigenvalue weighted by molar-refractivity contribution is 7.89. The van der Waals surface area contributed by atoms with Crippen LogP contribution in [0.1, 0.15) is 45.2 Å². The highest BCUT2D eigenvalue weighted by Gasteiger charge is 2.29. The molecule has 0 aliphatic carbocycles. The Morgan fingerprint density at radius 2 is 0.842 bits per heavy atom. The molecule has 4 amide bonds. The summed E-state index contributed by atoms with van der Waals surface area (Å²) < 4.78 is 79.0. The fourth-order valence-corrected chi connectivity index (χ4v) is 12.0. The van der Waals surface area contributed by atoms with Gasteiger partial charge in [0.15, 0.2) is 0 Å². The van der Waals surface area contributed by atoms with Gasteiger partial charge in [-0.05, 0) is 120 Å². The highest BCUT2D eigenvalue weighted by Crippen LogP contribution is 2.40. The number of likely N-dealkylation sites (N-methyl/N-ethyl adjacent to an activating group) is 2. The van der Waals surface area contributed by atoms with Crippen LogP contribution < -0.4 is 30.7 Å². The van der Waals surface area contributed by atoms with Crippen LogP contribution in [0.3, 0.4) is 0 Å². The van der Waals surface area contributed by atoms with Gasteiger partial charge in [-0.2, -0.15) is 0 Å². The van der Waals surface area contributed by atoms with E-state index in [0.29, 0.717) is 44.6 Å². The molecule has 18 nitrogen and oxygen atoms in total. The van der Waals surface area contributed by atoms with E-state index in [1.807, 2.05) is 50.5 Å². The van der Waals surface area contributed by atoms with Crippen molar-refractivity contribution in [1.29, 1.82) is 0 Å². The maximum Gasteiger partial charge on any atom is 0.319 e. The summed E-state index contributed by atoms with van der Waals surface area (Å²) >= 11 is 25.6. The van der Waals surface area contributed by atoms with Gasteiger partial charge in [0.1, 0.15) is 0 Å². The maximum atomic E-state index is 12.9. The molecule has 0 spiro atoms. The Bertz CT molecular complexity index is 2780. The van der Waals surface area contributed by atoms with Crippen molar-refractivity contribution in [1.82, 2.24) is 29.9 Å². The first kappa shape index (κ1) is 59.0. The molecule has 5 aromatic carbocycles. The molecule has 5 aromatic rings. The second kappa shape index (κ2) is 28.3. The summed E-state index contributed by atoms with van der Waals surface area (Å²) in [5.41, 5.74) is 7.07. The minimum absolute atomic E-state index is 0.00618. The predicted molar refractivity (Wildman–Crippen MR) is 296 cm³/mol. The summed E-state index contributed by atoms with van der Waals surface area (Å²) in [7, 11) is -3.48. The van der Waals surface area contributed by atoms with Gasteiger partial charge >= 0.3 is 12.1 Å². The second-order valence-corrected chi connectivity index (χ2v) is 23.4. The average molecular weight is 1170 g/mol. The first-order valence-electron chi connectivity index (χ1n) is 24.5. The zero-order chi connectivity index (χ0) is 54.2. The van der Waals surface area contributed by atoms with Crippen LogP contribution in [0, 0.1) is 0 Å². The Morgan fingerprint density at radius 3 is 1.20 bits per heavy atom. The number of benzene rings is 5. The van der Waals surface area contributed by atoms with Crippen LogP contribution in [0.4, 0.5) is 21.0 Å². The number of hydrogen-bond donors (Lipinski definition) is 6. The van der Waals surface area contributed by atoms with E-state index in [-0.39, 0.29) is 101 Å². The number of hydrogen-bond acceptors (Lipinski definition) is 12. The van der Waals surface area contributed by atoms with Crippen molar-refractivity contribution >= 4 is 89.9 Å². The van der Waals surface area contributed by atoms with Crippen molar-refractivity contribution in [2.45, 2.75) is 34.7 Å². The molecule has 0 saturated heterocycles. The fourth-order valence-electron chi connectivity index (χ4n) is 8.79. The molecule has 0 bridgehead atoms. The van der Waals surface area contributed by atoms with E-state index in [9.17, 15) is 26.4 Å². The lowest BCUT2D eigenvalue weighted by molar-refractivity contribution is 0.0517. The second-order valence-electron chi connectivity index (χ2n) is 18.1. The van der Waals surface area contributed by atoms with E-state index in [1.54, 1.807) is 60.7 Å². The minimum atomic E-state index is -3.76. The number of halogens is 4. The monoisotopic (exact) mass is 1160 g/mol. The van der Waals surface area contributed by atoms with E-state index in [0.717, 1.165) is 46.5 Å². The van der Waals surface area contributed by atoms with Gasteiger partial charge in [-0.3, -0.25) is 0 Å². The molecule has 0 fully saturated rings. The summed E-state index contributed by atoms with van der Waals surface area (Å²) in [4.78, 5) is 29.4. The largest absolute Gasteiger partial charge is 0.378 e. The standard InChI is InChI=1S/C52H62Cl4N8O10S2/c1-63-31-45(43-27-37(53)29-49(55)47(43)33-63)35-3-11-41(12-4-35)75(67,68)59-17-21-73-25-23-71-19-15-57-51(65)61-39-7-9-40(10-8-39)62-52(66)58-16-20-72-24-26-74-22-18-60-76(69,70)42-13-5-36(6-14-42)46-32-64(2)34-48-44(46)28-38(54)30-50(48)56/h3-14,27-30,45-46,59-60H,15-26,31-34H2,1-2H3,(H2,57,61,65)(H2,58,62,66). The topological polar surface area (TPSA) is 218 Å². The van der Waals surface area contributed by atoms with Crippen LogP contribution in [0.2, 0.25) is 20.1 Å². The molecule has 2 unspecified atom stereocenters. The zero-order valence-electron chi connectivity index (χ0n) is 42.0. The molecule has 0 saturated carbocycles. The van der Waals surface area contributed by atoms with E-state index >= 15 is 0 Å². The molecule has 76 heavy (non-hydrogen) atoms. The number of carbonyl (C=O) groups is 2. The molecule has 2 aliphatic rings. The molecule has 2 atom stereocenters. The number of anilines is 2. The number of fused-ring (bicyclic) bond motifs is 2. The van der Waals surface area contributed by atoms with Gasteiger partial charge in [-0.15, -0.1) is 0 Å². The Kier molecular flexibility index (Phi) is 22.0. The summed E-state index contributed by atoms with van der Waals surface area (Å²) in [6.07, 6.45) is 0. The Hall–Kier alpha value is -4.62. The number of ether oxygens (including phenoxy) is 4. The summed E-state index contributed by atoms with van der Waals surface area (Å²) in [6.45, 7) is 5.22. The lowest BCUT2D eigenvalue weighted by atomic mass is 9.85. The van der Waals surface area contributed by atoms with Gasteiger partial charge in [0.2, 0.25) is 20.0 Å². The number of rotatable bonds is 26. The molecular formula is C52H62Cl4N8O10S2. The van der Waals surface area contributed by atoms with Crippen LogP contribution in [0.15, 0.2) is 107 Å². The third-order valence-corrected chi connectivity index (χ3v) is 16.5. The number of urea groups is 2. The maximum absolute atomic E-state index is 12.9. The first-order valence-corrected chi connectivity index (χ1v) is 29.0. The van der Waals surface area contributed by atoms with Gasteiger partial charge in [-0.1, -0.05) is 70.7 Å². The Morgan fingerprint density at radius 1 is 0.500 bits per heavy atom. The van der Waals surface area contributed by atoms with Gasteiger partial charge in [0, 0.05) is 95.7 Å². The third-order valence-electron chi connectivity index (χ3n) is 12.5. The first-order chi connectivity index (χ1) is 36.5. The lowest BCUT2D eigenvalue weighted by Crippen LogP contribution is -2.32. The van der Waals surface area contributed by atoms with Crippen molar-refractivity contribution < 1.29 is 45.4 Å². The normalized spacial score (nSPS) is 15.9. The summed E-state index contributed by atoms with van der Waals surface area (Å²) in [5.74, 6) is -0.0124. The molecule has 24 heteroatoms. The number of sulfonamides is 2. The Balaban J connectivity index is 0.668. The molecular weight excluding hydrogens is 1100 g/mol. The quantitative estimate of drug-likeness (QED) is 0.0294. The molecule has 2 aliphatic heterocycles. The number of amides is 4. The average Bonchev–Trinajstić information content (AvgIpc) is 3.38. The van der Waals surface area contributed by atoms with Crippen molar-refractivity contribution in [3.05, 3.63) is 151 Å². The van der Waals surface area contributed by atoms with Crippen LogP contribution in [0.25, 0.3) is 0 Å². The molecule has 0 radical (unpaired) electrons. The number of nitrogens with one attached hydrogen (secondary N) is 6. The summed E-state index contributed by atoms with van der Waals surface area (Å²) in [6, 6.07) is 26.7. The predicted octanol–water partition coefficient (Wildman–Crippen LogP) is 7.72.